The van der Waals surface area contributed by atoms with Crippen LogP contribution >= 0.6 is 0 Å². The molecule has 2 aliphatic heterocycles. The summed E-state index contributed by atoms with van der Waals surface area (Å²) >= 11 is 0. The van der Waals surface area contributed by atoms with E-state index in [-0.39, 0.29) is 30.4 Å². The van der Waals surface area contributed by atoms with E-state index in [1.807, 2.05) is 54.6 Å². The zero-order valence-corrected chi connectivity index (χ0v) is 19.9. The van der Waals surface area contributed by atoms with Crippen LogP contribution in [0.25, 0.3) is 0 Å². The number of amides is 3. The molecule has 1 unspecified atom stereocenters. The predicted molar refractivity (Wildman–Crippen MR) is 130 cm³/mol. The lowest BCUT2D eigenvalue weighted by atomic mass is 9.77. The molecule has 7 nitrogen and oxygen atoms in total. The number of ether oxygens (including phenoxy) is 1. The topological polar surface area (TPSA) is 87.7 Å². The summed E-state index contributed by atoms with van der Waals surface area (Å²) in [7, 11) is 0. The van der Waals surface area contributed by atoms with Crippen molar-refractivity contribution in [1.82, 2.24) is 10.2 Å². The number of nitrogens with zero attached hydrogens (tertiary/aromatic N) is 1. The fourth-order valence-electron chi connectivity index (χ4n) is 4.88. The maximum Gasteiger partial charge on any atom is 0.335 e. The number of carbonyl (C=O) groups excluding carboxylic acids is 3. The molecule has 1 atom stereocenters. The van der Waals surface area contributed by atoms with Gasteiger partial charge in [-0.15, -0.1) is 0 Å². The monoisotopic (exact) mass is 461 g/mol. The van der Waals surface area contributed by atoms with Crippen LogP contribution in [0.5, 0.6) is 0 Å². The summed E-state index contributed by atoms with van der Waals surface area (Å²) in [4.78, 5) is 39.2. The third kappa shape index (κ3) is 4.69. The van der Waals surface area contributed by atoms with E-state index in [0.29, 0.717) is 37.2 Å². The van der Waals surface area contributed by atoms with Crippen molar-refractivity contribution in [3.63, 3.8) is 0 Å². The van der Waals surface area contributed by atoms with Gasteiger partial charge in [-0.2, -0.15) is 0 Å². The molecular weight excluding hydrogens is 430 g/mol. The molecule has 2 aromatic rings. The molecule has 0 aliphatic carbocycles. The molecule has 3 amide bonds. The van der Waals surface area contributed by atoms with Crippen LogP contribution in [-0.4, -0.2) is 35.9 Å². The molecule has 0 radical (unpaired) electrons. The smallest absolute Gasteiger partial charge is 0.335 e. The second kappa shape index (κ2) is 9.71. The number of nitrogens with one attached hydrogen (secondary N) is 2. The van der Waals surface area contributed by atoms with Gasteiger partial charge in [0.2, 0.25) is 5.91 Å². The van der Waals surface area contributed by atoms with Crippen LogP contribution < -0.4 is 10.6 Å². The summed E-state index contributed by atoms with van der Waals surface area (Å²) in [6.45, 7) is 6.73. The Morgan fingerprint density at radius 1 is 1.09 bits per heavy atom. The first kappa shape index (κ1) is 23.5. The van der Waals surface area contributed by atoms with E-state index in [0.717, 1.165) is 16.7 Å². The predicted octanol–water partition coefficient (Wildman–Crippen LogP) is 4.36. The Morgan fingerprint density at radius 3 is 2.50 bits per heavy atom. The zero-order valence-electron chi connectivity index (χ0n) is 19.9. The highest BCUT2D eigenvalue weighted by Gasteiger charge is 2.50. The van der Waals surface area contributed by atoms with Crippen molar-refractivity contribution >= 4 is 23.6 Å². The Labute approximate surface area is 200 Å². The van der Waals surface area contributed by atoms with Crippen LogP contribution in [0, 0.1) is 5.92 Å². The standard InChI is InChI=1S/C27H31N3O4/c1-18(2)15-27(21-10-5-4-6-11-21)23-17-30(14-13-22(23)25(32)34-27)26(33)28-16-20-9-7-8-12-24(20)29-19(3)31/h4-12,18H,13-17H2,1-3H3,(H,28,33)(H,29,31). The van der Waals surface area contributed by atoms with Crippen molar-refractivity contribution in [2.75, 3.05) is 18.4 Å². The lowest BCUT2D eigenvalue weighted by Crippen LogP contribution is -2.46. The number of urea groups is 1. The lowest BCUT2D eigenvalue weighted by molar-refractivity contribution is -0.149. The normalized spacial score (nSPS) is 19.6. The van der Waals surface area contributed by atoms with Gasteiger partial charge in [-0.05, 0) is 36.0 Å². The van der Waals surface area contributed by atoms with E-state index in [4.69, 9.17) is 4.74 Å². The molecule has 2 N–H and O–H groups in total. The van der Waals surface area contributed by atoms with Gasteiger partial charge < -0.3 is 20.3 Å². The molecule has 2 aliphatic rings. The summed E-state index contributed by atoms with van der Waals surface area (Å²) in [6.07, 6.45) is 1.12. The minimum absolute atomic E-state index is 0.164. The van der Waals surface area contributed by atoms with Crippen LogP contribution in [-0.2, 0) is 26.5 Å². The van der Waals surface area contributed by atoms with Gasteiger partial charge in [-0.3, -0.25) is 4.79 Å². The molecular formula is C27H31N3O4. The number of hydrogen-bond acceptors (Lipinski definition) is 4. The molecule has 0 saturated carbocycles. The SMILES string of the molecule is CC(=O)Nc1ccccc1CNC(=O)N1CCC2=C(C1)C(CC(C)C)(c1ccccc1)OC2=O. The first-order valence-corrected chi connectivity index (χ1v) is 11.7. The van der Waals surface area contributed by atoms with E-state index in [2.05, 4.69) is 24.5 Å². The summed E-state index contributed by atoms with van der Waals surface area (Å²) in [5.74, 6) is -0.152. The number of rotatable bonds is 6. The molecule has 0 saturated heterocycles. The van der Waals surface area contributed by atoms with Crippen molar-refractivity contribution in [3.05, 3.63) is 76.9 Å². The molecule has 178 valence electrons. The summed E-state index contributed by atoms with van der Waals surface area (Å²) in [5.41, 5.74) is 3.17. The van der Waals surface area contributed by atoms with Crippen LogP contribution in [0.1, 0.15) is 44.7 Å². The van der Waals surface area contributed by atoms with Crippen LogP contribution in [0.4, 0.5) is 10.5 Å². The van der Waals surface area contributed by atoms with E-state index in [1.165, 1.54) is 6.92 Å². The van der Waals surface area contributed by atoms with Gasteiger partial charge in [0.25, 0.3) is 0 Å². The second-order valence-corrected chi connectivity index (χ2v) is 9.31. The molecule has 4 rings (SSSR count). The maximum absolute atomic E-state index is 13.1. The average Bonchev–Trinajstić information content (AvgIpc) is 3.09. The van der Waals surface area contributed by atoms with Gasteiger partial charge >= 0.3 is 12.0 Å². The molecule has 0 aromatic heterocycles. The first-order chi connectivity index (χ1) is 16.3. The molecule has 34 heavy (non-hydrogen) atoms. The Bertz CT molecular complexity index is 1130. The molecule has 0 spiro atoms. The van der Waals surface area contributed by atoms with Gasteiger partial charge in [-0.1, -0.05) is 62.4 Å². The van der Waals surface area contributed by atoms with Crippen LogP contribution in [0.2, 0.25) is 0 Å². The van der Waals surface area contributed by atoms with Crippen molar-refractivity contribution in [2.45, 2.75) is 45.8 Å². The number of hydrogen-bond donors (Lipinski definition) is 2. The van der Waals surface area contributed by atoms with E-state index >= 15 is 0 Å². The van der Waals surface area contributed by atoms with Crippen molar-refractivity contribution < 1.29 is 19.1 Å². The highest BCUT2D eigenvalue weighted by Crippen LogP contribution is 2.48. The summed E-state index contributed by atoms with van der Waals surface area (Å²) < 4.78 is 6.09. The van der Waals surface area contributed by atoms with Gasteiger partial charge in [-0.25, -0.2) is 9.59 Å². The van der Waals surface area contributed by atoms with Gasteiger partial charge in [0.15, 0.2) is 5.60 Å². The molecule has 2 heterocycles. The molecule has 7 heteroatoms. The largest absolute Gasteiger partial charge is 0.446 e. The molecule has 0 bridgehead atoms. The third-order valence-corrected chi connectivity index (χ3v) is 6.33. The third-order valence-electron chi connectivity index (χ3n) is 6.33. The van der Waals surface area contributed by atoms with Crippen molar-refractivity contribution in [2.24, 2.45) is 5.92 Å². The van der Waals surface area contributed by atoms with Crippen LogP contribution in [0.15, 0.2) is 65.7 Å². The zero-order chi connectivity index (χ0) is 24.3. The lowest BCUT2D eigenvalue weighted by Gasteiger charge is -2.37. The number of cyclic esters (lactones) is 1. The van der Waals surface area contributed by atoms with Crippen LogP contribution in [0.3, 0.4) is 0 Å². The second-order valence-electron chi connectivity index (χ2n) is 9.31. The Kier molecular flexibility index (Phi) is 6.72. The average molecular weight is 462 g/mol. The Hall–Kier alpha value is -3.61. The highest BCUT2D eigenvalue weighted by molar-refractivity contribution is 5.94. The fourth-order valence-corrected chi connectivity index (χ4v) is 4.88. The summed E-state index contributed by atoms with van der Waals surface area (Å²) in [5, 5.41) is 5.76. The Morgan fingerprint density at radius 2 is 1.79 bits per heavy atom. The van der Waals surface area contributed by atoms with Gasteiger partial charge in [0.05, 0.1) is 0 Å². The minimum atomic E-state index is -0.848. The highest BCUT2D eigenvalue weighted by atomic mass is 16.6. The maximum atomic E-state index is 13.1. The number of carbonyl (C=O) groups is 3. The van der Waals surface area contributed by atoms with E-state index in [1.54, 1.807) is 4.90 Å². The first-order valence-electron chi connectivity index (χ1n) is 11.7. The van der Waals surface area contributed by atoms with E-state index in [9.17, 15) is 14.4 Å². The fraction of sp³-hybridized carbons (Fsp3) is 0.370. The quantitative estimate of drug-likeness (QED) is 0.626. The summed E-state index contributed by atoms with van der Waals surface area (Å²) in [6, 6.07) is 17.0. The number of anilines is 1. The Balaban J connectivity index is 1.54. The van der Waals surface area contributed by atoms with E-state index < -0.39 is 5.60 Å². The number of para-hydroxylation sites is 1. The van der Waals surface area contributed by atoms with Crippen molar-refractivity contribution in [1.29, 1.82) is 0 Å². The number of benzene rings is 2. The number of esters is 1. The van der Waals surface area contributed by atoms with Gasteiger partial charge in [0, 0.05) is 43.4 Å². The minimum Gasteiger partial charge on any atom is -0.446 e. The molecule has 2 aromatic carbocycles. The molecule has 0 fully saturated rings. The van der Waals surface area contributed by atoms with Gasteiger partial charge in [0.1, 0.15) is 0 Å². The van der Waals surface area contributed by atoms with Crippen molar-refractivity contribution in [3.8, 4) is 0 Å².